The molecule has 0 saturated heterocycles. The third-order valence-corrected chi connectivity index (χ3v) is 2.86. The SMILES string of the molecule is O=C(C#Cc1ccccc1)OCC1=CCCCC1. The summed E-state index contributed by atoms with van der Waals surface area (Å²) in [7, 11) is 0. The summed E-state index contributed by atoms with van der Waals surface area (Å²) >= 11 is 0. The molecule has 0 fully saturated rings. The first-order chi connectivity index (χ1) is 8.84. The Morgan fingerprint density at radius 2 is 2.06 bits per heavy atom. The minimum atomic E-state index is -0.453. The van der Waals surface area contributed by atoms with Crippen molar-refractivity contribution in [3.63, 3.8) is 0 Å². The Morgan fingerprint density at radius 3 is 2.78 bits per heavy atom. The zero-order chi connectivity index (χ0) is 12.6. The lowest BCUT2D eigenvalue weighted by atomic mass is 10.0. The van der Waals surface area contributed by atoms with Crippen LogP contribution >= 0.6 is 0 Å². The first-order valence-corrected chi connectivity index (χ1v) is 6.26. The van der Waals surface area contributed by atoms with E-state index < -0.39 is 5.97 Å². The Labute approximate surface area is 108 Å². The molecular formula is C16H16O2. The van der Waals surface area contributed by atoms with Crippen LogP contribution in [0.25, 0.3) is 0 Å². The van der Waals surface area contributed by atoms with Crippen LogP contribution in [0.5, 0.6) is 0 Å². The van der Waals surface area contributed by atoms with Crippen molar-refractivity contribution >= 4 is 5.97 Å². The summed E-state index contributed by atoms with van der Waals surface area (Å²) in [5.74, 6) is 4.83. The quantitative estimate of drug-likeness (QED) is 0.451. The van der Waals surface area contributed by atoms with Crippen LogP contribution in [0.1, 0.15) is 31.2 Å². The molecule has 0 spiro atoms. The Hall–Kier alpha value is -2.01. The molecule has 1 aliphatic rings. The van der Waals surface area contributed by atoms with Gasteiger partial charge in [0.15, 0.2) is 0 Å². The van der Waals surface area contributed by atoms with Gasteiger partial charge in [-0.25, -0.2) is 4.79 Å². The standard InChI is InChI=1S/C16H16O2/c17-16(12-11-14-7-3-1-4-8-14)18-13-15-9-5-2-6-10-15/h1,3-4,7-9H,2,5-6,10,13H2. The molecule has 0 heterocycles. The number of carbonyl (C=O) groups is 1. The van der Waals surface area contributed by atoms with Crippen LogP contribution in [0, 0.1) is 11.8 Å². The maximum atomic E-state index is 11.4. The van der Waals surface area contributed by atoms with Crippen LogP contribution in [0.2, 0.25) is 0 Å². The van der Waals surface area contributed by atoms with Crippen LogP contribution in [-0.4, -0.2) is 12.6 Å². The van der Waals surface area contributed by atoms with Gasteiger partial charge in [0.25, 0.3) is 0 Å². The van der Waals surface area contributed by atoms with Gasteiger partial charge in [0.2, 0.25) is 0 Å². The van der Waals surface area contributed by atoms with E-state index in [0.29, 0.717) is 6.61 Å². The minimum absolute atomic E-state index is 0.391. The van der Waals surface area contributed by atoms with E-state index >= 15 is 0 Å². The van der Waals surface area contributed by atoms with Crippen molar-refractivity contribution in [1.29, 1.82) is 0 Å². The molecule has 0 N–H and O–H groups in total. The van der Waals surface area contributed by atoms with Gasteiger partial charge in [0.05, 0.1) is 0 Å². The van der Waals surface area contributed by atoms with E-state index in [4.69, 9.17) is 4.74 Å². The molecule has 18 heavy (non-hydrogen) atoms. The van der Waals surface area contributed by atoms with Crippen LogP contribution in [0.4, 0.5) is 0 Å². The van der Waals surface area contributed by atoms with Gasteiger partial charge in [-0.15, -0.1) is 0 Å². The summed E-state index contributed by atoms with van der Waals surface area (Å²) in [6.07, 6.45) is 6.74. The van der Waals surface area contributed by atoms with E-state index in [1.165, 1.54) is 18.4 Å². The van der Waals surface area contributed by atoms with Crippen molar-refractivity contribution in [2.45, 2.75) is 25.7 Å². The molecule has 1 aromatic carbocycles. The number of hydrogen-bond donors (Lipinski definition) is 0. The van der Waals surface area contributed by atoms with Gasteiger partial charge < -0.3 is 4.74 Å². The lowest BCUT2D eigenvalue weighted by Gasteiger charge is -2.11. The smallest absolute Gasteiger partial charge is 0.385 e. The lowest BCUT2D eigenvalue weighted by Crippen LogP contribution is -2.07. The average molecular weight is 240 g/mol. The fraction of sp³-hybridized carbons (Fsp3) is 0.312. The van der Waals surface area contributed by atoms with Crippen molar-refractivity contribution in [2.24, 2.45) is 0 Å². The normalized spacial score (nSPS) is 14.1. The molecule has 92 valence electrons. The third kappa shape index (κ3) is 4.10. The number of benzene rings is 1. The molecule has 0 saturated carbocycles. The molecule has 2 nitrogen and oxygen atoms in total. The van der Waals surface area contributed by atoms with E-state index in [9.17, 15) is 4.79 Å². The highest BCUT2D eigenvalue weighted by Gasteiger charge is 2.05. The van der Waals surface area contributed by atoms with Gasteiger partial charge >= 0.3 is 5.97 Å². The van der Waals surface area contributed by atoms with Gasteiger partial charge in [-0.05, 0) is 43.4 Å². The van der Waals surface area contributed by atoms with Gasteiger partial charge in [-0.3, -0.25) is 0 Å². The summed E-state index contributed by atoms with van der Waals surface area (Å²) < 4.78 is 5.12. The largest absolute Gasteiger partial charge is 0.452 e. The second-order valence-corrected chi connectivity index (χ2v) is 4.30. The molecular weight excluding hydrogens is 224 g/mol. The first kappa shape index (κ1) is 12.4. The lowest BCUT2D eigenvalue weighted by molar-refractivity contribution is -0.135. The second kappa shape index (κ2) is 6.66. The Kier molecular flexibility index (Phi) is 4.60. The van der Waals surface area contributed by atoms with E-state index in [-0.39, 0.29) is 0 Å². The number of esters is 1. The van der Waals surface area contributed by atoms with Crippen molar-refractivity contribution in [2.75, 3.05) is 6.61 Å². The highest BCUT2D eigenvalue weighted by molar-refractivity contribution is 5.89. The van der Waals surface area contributed by atoms with Crippen molar-refractivity contribution < 1.29 is 9.53 Å². The molecule has 0 unspecified atom stereocenters. The number of hydrogen-bond acceptors (Lipinski definition) is 2. The summed E-state index contributed by atoms with van der Waals surface area (Å²) in [5.41, 5.74) is 2.04. The Balaban J connectivity index is 1.82. The minimum Gasteiger partial charge on any atom is -0.452 e. The predicted molar refractivity (Wildman–Crippen MR) is 70.8 cm³/mol. The molecule has 0 amide bonds. The third-order valence-electron chi connectivity index (χ3n) is 2.86. The monoisotopic (exact) mass is 240 g/mol. The van der Waals surface area contributed by atoms with E-state index in [2.05, 4.69) is 17.9 Å². The number of rotatable bonds is 2. The number of ether oxygens (including phenoxy) is 1. The predicted octanol–water partition coefficient (Wildman–Crippen LogP) is 3.08. The van der Waals surface area contributed by atoms with Gasteiger partial charge in [0, 0.05) is 11.5 Å². The van der Waals surface area contributed by atoms with Crippen LogP contribution in [-0.2, 0) is 9.53 Å². The molecule has 0 radical (unpaired) electrons. The van der Waals surface area contributed by atoms with Gasteiger partial charge in [-0.1, -0.05) is 30.2 Å². The highest BCUT2D eigenvalue weighted by Crippen LogP contribution is 2.17. The summed E-state index contributed by atoms with van der Waals surface area (Å²) in [6, 6.07) is 9.43. The highest BCUT2D eigenvalue weighted by atomic mass is 16.5. The van der Waals surface area contributed by atoms with E-state index in [0.717, 1.165) is 18.4 Å². The fourth-order valence-corrected chi connectivity index (χ4v) is 1.87. The molecule has 0 aliphatic heterocycles. The Morgan fingerprint density at radius 1 is 1.22 bits per heavy atom. The average Bonchev–Trinajstić information content (AvgIpc) is 2.45. The summed E-state index contributed by atoms with van der Waals surface area (Å²) in [4.78, 5) is 11.4. The van der Waals surface area contributed by atoms with Gasteiger partial charge in [0.1, 0.15) is 6.61 Å². The maximum Gasteiger partial charge on any atom is 0.385 e. The number of allylic oxidation sites excluding steroid dienone is 1. The zero-order valence-corrected chi connectivity index (χ0v) is 10.3. The van der Waals surface area contributed by atoms with Crippen LogP contribution < -0.4 is 0 Å². The van der Waals surface area contributed by atoms with Crippen molar-refractivity contribution in [1.82, 2.24) is 0 Å². The molecule has 0 aromatic heterocycles. The molecule has 2 rings (SSSR count). The summed E-state index contributed by atoms with van der Waals surface area (Å²) in [6.45, 7) is 0.391. The molecule has 2 heteroatoms. The Bertz CT molecular complexity index is 489. The van der Waals surface area contributed by atoms with Crippen molar-refractivity contribution in [3.8, 4) is 11.8 Å². The fourth-order valence-electron chi connectivity index (χ4n) is 1.87. The molecule has 1 aromatic rings. The van der Waals surface area contributed by atoms with Crippen LogP contribution in [0.15, 0.2) is 42.0 Å². The van der Waals surface area contributed by atoms with E-state index in [1.807, 2.05) is 30.3 Å². The van der Waals surface area contributed by atoms with E-state index in [1.54, 1.807) is 0 Å². The first-order valence-electron chi connectivity index (χ1n) is 6.26. The zero-order valence-electron chi connectivity index (χ0n) is 10.3. The summed E-state index contributed by atoms with van der Waals surface area (Å²) in [5, 5.41) is 0. The van der Waals surface area contributed by atoms with Gasteiger partial charge in [-0.2, -0.15) is 0 Å². The van der Waals surface area contributed by atoms with Crippen molar-refractivity contribution in [3.05, 3.63) is 47.5 Å². The number of carbonyl (C=O) groups excluding carboxylic acids is 1. The topological polar surface area (TPSA) is 26.3 Å². The molecule has 0 bridgehead atoms. The molecule has 1 aliphatic carbocycles. The molecule has 0 atom stereocenters. The second-order valence-electron chi connectivity index (χ2n) is 4.30. The van der Waals surface area contributed by atoms with Crippen LogP contribution in [0.3, 0.4) is 0 Å². The maximum absolute atomic E-state index is 11.4.